The number of methoxy groups -OCH3 is 1. The van der Waals surface area contributed by atoms with E-state index in [0.29, 0.717) is 33.6 Å². The van der Waals surface area contributed by atoms with Gasteiger partial charge in [-0.1, -0.05) is 38.5 Å². The molecule has 1 aromatic heterocycles. The Labute approximate surface area is 233 Å². The molecule has 0 saturated carbocycles. The molecule has 0 radical (unpaired) electrons. The van der Waals surface area contributed by atoms with E-state index in [-0.39, 0.29) is 44.5 Å². The van der Waals surface area contributed by atoms with Gasteiger partial charge in [-0.15, -0.1) is 0 Å². The lowest BCUT2D eigenvalue weighted by atomic mass is 10.00. The van der Waals surface area contributed by atoms with Crippen molar-refractivity contribution in [2.75, 3.05) is 20.3 Å². The third-order valence-electron chi connectivity index (χ3n) is 6.56. The summed E-state index contributed by atoms with van der Waals surface area (Å²) in [5.41, 5.74) is 2.29. The fraction of sp³-hybridized carbons (Fsp3) is 0.438. The van der Waals surface area contributed by atoms with Gasteiger partial charge in [-0.25, -0.2) is 18.4 Å². The molecule has 0 spiro atoms. The summed E-state index contributed by atoms with van der Waals surface area (Å²) in [5.74, 6) is -2.43. The number of esters is 1. The van der Waals surface area contributed by atoms with E-state index in [0.717, 1.165) is 31.2 Å². The molecule has 8 heteroatoms. The average molecular weight is 557 g/mol. The van der Waals surface area contributed by atoms with Crippen molar-refractivity contribution in [2.24, 2.45) is 0 Å². The zero-order valence-corrected chi connectivity index (χ0v) is 23.5. The van der Waals surface area contributed by atoms with Gasteiger partial charge in [-0.2, -0.15) is 0 Å². The maximum absolute atomic E-state index is 14.1. The minimum Gasteiger partial charge on any atom is -0.496 e. The van der Waals surface area contributed by atoms with Gasteiger partial charge >= 0.3 is 11.6 Å². The van der Waals surface area contributed by atoms with Gasteiger partial charge < -0.3 is 18.6 Å². The molecule has 0 amide bonds. The normalized spacial score (nSPS) is 11.4. The first kappa shape index (κ1) is 30.9. The smallest absolute Gasteiger partial charge is 0.344 e. The summed E-state index contributed by atoms with van der Waals surface area (Å²) in [4.78, 5) is 24.2. The van der Waals surface area contributed by atoms with Crippen molar-refractivity contribution in [3.63, 3.8) is 0 Å². The molecule has 0 fully saturated rings. The zero-order valence-electron chi connectivity index (χ0n) is 23.5. The van der Waals surface area contributed by atoms with Gasteiger partial charge in [0.2, 0.25) is 5.92 Å². The van der Waals surface area contributed by atoms with Crippen LogP contribution in [0.1, 0.15) is 64.4 Å². The van der Waals surface area contributed by atoms with Crippen LogP contribution >= 0.6 is 0 Å². The Bertz CT molecular complexity index is 1360. The second-order valence-corrected chi connectivity index (χ2v) is 9.97. The third kappa shape index (κ3) is 8.93. The molecule has 0 N–H and O–H groups in total. The first-order chi connectivity index (χ1) is 19.1. The number of alkyl halides is 2. The molecule has 0 aliphatic carbocycles. The highest BCUT2D eigenvalue weighted by atomic mass is 19.3. The van der Waals surface area contributed by atoms with Gasteiger partial charge in [0, 0.05) is 35.4 Å². The van der Waals surface area contributed by atoms with E-state index in [9.17, 15) is 18.4 Å². The SMILES string of the molecule is C=C(C)C(=O)OCCCC(F)(F)CCCOc1ccc2cc(-c3ccc(CCCCC)cc3OC)c(=O)oc2c1. The van der Waals surface area contributed by atoms with Gasteiger partial charge in [-0.05, 0) is 62.4 Å². The molecule has 0 atom stereocenters. The number of hydrogen-bond acceptors (Lipinski definition) is 6. The summed E-state index contributed by atoms with van der Waals surface area (Å²) >= 11 is 0. The average Bonchev–Trinajstić information content (AvgIpc) is 2.93. The standard InChI is InChI=1S/C32H38F2O6/c1-5-6-7-10-23-11-14-26(29(19-23)37-4)27-20-24-12-13-25(21-28(24)40-31(27)36)38-17-8-15-32(33,34)16-9-18-39-30(35)22(2)3/h11-14,19-21H,2,5-10,15-18H2,1,3-4H3. The monoisotopic (exact) mass is 556 g/mol. The lowest BCUT2D eigenvalue weighted by Crippen LogP contribution is -2.18. The second kappa shape index (κ2) is 14.6. The van der Waals surface area contributed by atoms with E-state index in [2.05, 4.69) is 13.5 Å². The lowest BCUT2D eigenvalue weighted by molar-refractivity contribution is -0.139. The number of ether oxygens (including phenoxy) is 3. The van der Waals surface area contributed by atoms with E-state index >= 15 is 0 Å². The van der Waals surface area contributed by atoms with Crippen LogP contribution in [0.2, 0.25) is 0 Å². The van der Waals surface area contributed by atoms with Crippen LogP contribution in [0.25, 0.3) is 22.1 Å². The molecule has 40 heavy (non-hydrogen) atoms. The number of aryl methyl sites for hydroxylation is 1. The van der Waals surface area contributed by atoms with Gasteiger partial charge in [0.1, 0.15) is 17.1 Å². The number of rotatable bonds is 16. The molecule has 1 heterocycles. The number of carbonyl (C=O) groups is 1. The van der Waals surface area contributed by atoms with Crippen LogP contribution in [-0.2, 0) is 16.0 Å². The van der Waals surface area contributed by atoms with Crippen molar-refractivity contribution in [1.29, 1.82) is 0 Å². The van der Waals surface area contributed by atoms with Gasteiger partial charge in [0.25, 0.3) is 0 Å². The van der Waals surface area contributed by atoms with Crippen molar-refractivity contribution >= 4 is 16.9 Å². The number of unbranched alkanes of at least 4 members (excludes halogenated alkanes) is 2. The predicted octanol–water partition coefficient (Wildman–Crippen LogP) is 7.90. The van der Waals surface area contributed by atoms with E-state index in [1.807, 2.05) is 18.2 Å². The molecular weight excluding hydrogens is 518 g/mol. The molecule has 3 aromatic rings. The van der Waals surface area contributed by atoms with Crippen molar-refractivity contribution in [3.8, 4) is 22.6 Å². The second-order valence-electron chi connectivity index (χ2n) is 9.97. The Morgan fingerprint density at radius 3 is 2.42 bits per heavy atom. The molecule has 0 unspecified atom stereocenters. The predicted molar refractivity (Wildman–Crippen MR) is 152 cm³/mol. The van der Waals surface area contributed by atoms with Crippen LogP contribution in [-0.4, -0.2) is 32.2 Å². The highest BCUT2D eigenvalue weighted by molar-refractivity contribution is 5.87. The van der Waals surface area contributed by atoms with Gasteiger partial charge in [-0.3, -0.25) is 0 Å². The summed E-state index contributed by atoms with van der Waals surface area (Å²) in [6.07, 6.45) is 3.81. The van der Waals surface area contributed by atoms with Crippen molar-refractivity contribution < 1.29 is 32.2 Å². The topological polar surface area (TPSA) is 75.0 Å². The summed E-state index contributed by atoms with van der Waals surface area (Å²) in [7, 11) is 1.58. The number of halogens is 2. The van der Waals surface area contributed by atoms with Gasteiger partial charge in [0.05, 0.1) is 25.9 Å². The van der Waals surface area contributed by atoms with E-state index in [1.165, 1.54) is 6.92 Å². The Morgan fingerprint density at radius 1 is 0.975 bits per heavy atom. The summed E-state index contributed by atoms with van der Waals surface area (Å²) < 4.78 is 49.9. The van der Waals surface area contributed by atoms with Crippen molar-refractivity contribution in [1.82, 2.24) is 0 Å². The highest BCUT2D eigenvalue weighted by Gasteiger charge is 2.27. The summed E-state index contributed by atoms with van der Waals surface area (Å²) in [6.45, 7) is 7.13. The van der Waals surface area contributed by atoms with E-state index in [4.69, 9.17) is 18.6 Å². The molecule has 216 valence electrons. The minimum absolute atomic E-state index is 0.0630. The van der Waals surface area contributed by atoms with Crippen molar-refractivity contribution in [3.05, 3.63) is 70.6 Å². The number of benzene rings is 2. The van der Waals surface area contributed by atoms with Crippen LogP contribution in [0.5, 0.6) is 11.5 Å². The van der Waals surface area contributed by atoms with E-state index < -0.39 is 17.5 Å². The largest absolute Gasteiger partial charge is 0.496 e. The maximum Gasteiger partial charge on any atom is 0.344 e. The Kier molecular flexibility index (Phi) is 11.3. The first-order valence-electron chi connectivity index (χ1n) is 13.7. The fourth-order valence-corrected chi connectivity index (χ4v) is 4.33. The molecule has 0 saturated heterocycles. The Balaban J connectivity index is 1.58. The molecule has 3 rings (SSSR count). The van der Waals surface area contributed by atoms with Crippen LogP contribution in [0.4, 0.5) is 8.78 Å². The molecule has 6 nitrogen and oxygen atoms in total. The van der Waals surface area contributed by atoms with E-state index in [1.54, 1.807) is 31.4 Å². The fourth-order valence-electron chi connectivity index (χ4n) is 4.33. The summed E-state index contributed by atoms with van der Waals surface area (Å²) in [5, 5.41) is 0.704. The van der Waals surface area contributed by atoms with Gasteiger partial charge in [0.15, 0.2) is 0 Å². The zero-order chi connectivity index (χ0) is 29.1. The Morgan fingerprint density at radius 2 is 1.73 bits per heavy atom. The number of hydrogen-bond donors (Lipinski definition) is 0. The van der Waals surface area contributed by atoms with Crippen LogP contribution in [0.3, 0.4) is 0 Å². The van der Waals surface area contributed by atoms with Crippen LogP contribution in [0, 0.1) is 0 Å². The number of fused-ring (bicyclic) bond motifs is 1. The first-order valence-corrected chi connectivity index (χ1v) is 13.7. The van der Waals surface area contributed by atoms with Crippen LogP contribution < -0.4 is 15.1 Å². The third-order valence-corrected chi connectivity index (χ3v) is 6.56. The quantitative estimate of drug-likeness (QED) is 0.0773. The Hall–Kier alpha value is -3.68. The number of carbonyl (C=O) groups excluding carboxylic acids is 1. The lowest BCUT2D eigenvalue weighted by Gasteiger charge is -2.16. The molecular formula is C32H38F2O6. The molecule has 2 aromatic carbocycles. The molecule has 0 aliphatic heterocycles. The highest BCUT2D eigenvalue weighted by Crippen LogP contribution is 2.32. The van der Waals surface area contributed by atoms with Crippen molar-refractivity contribution in [2.45, 2.75) is 71.1 Å². The van der Waals surface area contributed by atoms with Crippen LogP contribution in [0.15, 0.2) is 63.8 Å². The molecule has 0 bridgehead atoms. The minimum atomic E-state index is -2.89. The molecule has 0 aliphatic rings. The summed E-state index contributed by atoms with van der Waals surface area (Å²) in [6, 6.07) is 12.7. The maximum atomic E-state index is 14.1.